The molecule has 0 bridgehead atoms. The molecule has 0 radical (unpaired) electrons. The molecule has 0 aromatic rings. The summed E-state index contributed by atoms with van der Waals surface area (Å²) < 4.78 is 15.7. The summed E-state index contributed by atoms with van der Waals surface area (Å²) in [5.41, 5.74) is -1.38. The average molecular weight is 494 g/mol. The van der Waals surface area contributed by atoms with Crippen LogP contribution in [-0.2, 0) is 13.9 Å². The minimum absolute atomic E-state index is 0.000379. The first-order chi connectivity index (χ1) is 15.6. The number of phosphoric ester groups is 1. The number of hydrogen-bond acceptors (Lipinski definition) is 4. The van der Waals surface area contributed by atoms with E-state index in [1.54, 1.807) is 0 Å². The molecule has 198 valence electrons. The standard InChI is InChI=1S/C25H52NO6P/c1-4-5-6-7-8-9-10-11-12-13-14-15-16-17-18-21-24(27)26-22-19-20-23(25(2,3)28)32-33(29,30)31/h23,28H,4-22H2,1-3H3,(H,26,27)(H2,29,30,31). The number of nitrogens with one attached hydrogen (secondary N) is 1. The molecule has 0 aliphatic rings. The van der Waals surface area contributed by atoms with E-state index in [2.05, 4.69) is 16.8 Å². The molecule has 0 aromatic heterocycles. The Morgan fingerprint density at radius 2 is 1.24 bits per heavy atom. The van der Waals surface area contributed by atoms with E-state index in [-0.39, 0.29) is 12.3 Å². The van der Waals surface area contributed by atoms with E-state index in [0.717, 1.165) is 12.8 Å². The van der Waals surface area contributed by atoms with E-state index in [1.165, 1.54) is 97.3 Å². The highest BCUT2D eigenvalue weighted by atomic mass is 31.2. The lowest BCUT2D eigenvalue weighted by Crippen LogP contribution is -2.38. The van der Waals surface area contributed by atoms with Gasteiger partial charge in [0.2, 0.25) is 5.91 Å². The molecule has 33 heavy (non-hydrogen) atoms. The number of phosphoric acid groups is 1. The van der Waals surface area contributed by atoms with Gasteiger partial charge in [0.05, 0.1) is 11.7 Å². The summed E-state index contributed by atoms with van der Waals surface area (Å²) in [4.78, 5) is 29.9. The Kier molecular flexibility index (Phi) is 19.5. The highest BCUT2D eigenvalue weighted by Gasteiger charge is 2.33. The third-order valence-electron chi connectivity index (χ3n) is 6.03. The third-order valence-corrected chi connectivity index (χ3v) is 6.55. The summed E-state index contributed by atoms with van der Waals surface area (Å²) in [6.45, 7) is 5.55. The topological polar surface area (TPSA) is 116 Å². The lowest BCUT2D eigenvalue weighted by Gasteiger charge is -2.29. The lowest BCUT2D eigenvalue weighted by molar-refractivity contribution is -0.121. The summed E-state index contributed by atoms with van der Waals surface area (Å²) in [6.07, 6.45) is 19.6. The molecule has 0 saturated heterocycles. The molecule has 0 aliphatic heterocycles. The fraction of sp³-hybridized carbons (Fsp3) is 0.960. The Morgan fingerprint density at radius 1 is 0.818 bits per heavy atom. The smallest absolute Gasteiger partial charge is 0.388 e. The van der Waals surface area contributed by atoms with Crippen LogP contribution in [0.4, 0.5) is 0 Å². The van der Waals surface area contributed by atoms with Crippen molar-refractivity contribution in [3.8, 4) is 0 Å². The van der Waals surface area contributed by atoms with Crippen LogP contribution in [0, 0.1) is 0 Å². The van der Waals surface area contributed by atoms with Gasteiger partial charge in [0.15, 0.2) is 0 Å². The zero-order valence-electron chi connectivity index (χ0n) is 21.5. The number of amides is 1. The molecule has 0 fully saturated rings. The molecule has 8 heteroatoms. The number of carbonyl (C=O) groups excluding carboxylic acids is 1. The Hall–Kier alpha value is -0.460. The van der Waals surface area contributed by atoms with E-state index in [1.807, 2.05) is 0 Å². The molecule has 0 spiro atoms. The maximum absolute atomic E-state index is 11.9. The Labute approximate surface area is 202 Å². The zero-order valence-corrected chi connectivity index (χ0v) is 22.4. The fourth-order valence-corrected chi connectivity index (χ4v) is 4.66. The van der Waals surface area contributed by atoms with Crippen LogP contribution in [0.3, 0.4) is 0 Å². The van der Waals surface area contributed by atoms with Crippen molar-refractivity contribution in [2.24, 2.45) is 0 Å². The second-order valence-corrected chi connectivity index (χ2v) is 11.1. The number of carbonyl (C=O) groups is 1. The average Bonchev–Trinajstić information content (AvgIpc) is 2.71. The number of hydrogen-bond donors (Lipinski definition) is 4. The minimum Gasteiger partial charge on any atom is -0.388 e. The van der Waals surface area contributed by atoms with E-state index in [9.17, 15) is 14.5 Å². The maximum Gasteiger partial charge on any atom is 0.469 e. The Bertz CT molecular complexity index is 518. The van der Waals surface area contributed by atoms with E-state index < -0.39 is 19.5 Å². The van der Waals surface area contributed by atoms with Crippen molar-refractivity contribution in [1.82, 2.24) is 5.32 Å². The normalized spacial score (nSPS) is 13.3. The van der Waals surface area contributed by atoms with Crippen molar-refractivity contribution >= 4 is 13.7 Å². The quantitative estimate of drug-likeness (QED) is 0.0967. The van der Waals surface area contributed by atoms with Crippen molar-refractivity contribution in [1.29, 1.82) is 0 Å². The van der Waals surface area contributed by atoms with Crippen molar-refractivity contribution in [2.45, 2.75) is 148 Å². The van der Waals surface area contributed by atoms with Crippen LogP contribution in [0.2, 0.25) is 0 Å². The number of aliphatic hydroxyl groups is 1. The van der Waals surface area contributed by atoms with Gasteiger partial charge in [0, 0.05) is 13.0 Å². The van der Waals surface area contributed by atoms with Gasteiger partial charge in [-0.1, -0.05) is 96.8 Å². The van der Waals surface area contributed by atoms with E-state index in [4.69, 9.17) is 9.79 Å². The molecule has 1 atom stereocenters. The molecule has 0 aromatic carbocycles. The highest BCUT2D eigenvalue weighted by Crippen LogP contribution is 2.41. The van der Waals surface area contributed by atoms with Gasteiger partial charge in [0.1, 0.15) is 0 Å². The van der Waals surface area contributed by atoms with E-state index >= 15 is 0 Å². The molecule has 1 unspecified atom stereocenters. The summed E-state index contributed by atoms with van der Waals surface area (Å²) in [7, 11) is -4.67. The molecule has 0 saturated carbocycles. The van der Waals surface area contributed by atoms with Gasteiger partial charge < -0.3 is 20.2 Å². The maximum atomic E-state index is 11.9. The number of unbranched alkanes of at least 4 members (excludes halogenated alkanes) is 14. The van der Waals surface area contributed by atoms with Crippen LogP contribution in [0.25, 0.3) is 0 Å². The Balaban J connectivity index is 3.53. The third kappa shape index (κ3) is 23.1. The van der Waals surface area contributed by atoms with Crippen LogP contribution in [0.5, 0.6) is 0 Å². The number of rotatable bonds is 23. The van der Waals surface area contributed by atoms with Gasteiger partial charge in [-0.15, -0.1) is 0 Å². The first-order valence-electron chi connectivity index (χ1n) is 13.3. The minimum atomic E-state index is -4.67. The van der Waals surface area contributed by atoms with Gasteiger partial charge in [-0.2, -0.15) is 0 Å². The highest BCUT2D eigenvalue weighted by molar-refractivity contribution is 7.46. The van der Waals surface area contributed by atoms with E-state index in [0.29, 0.717) is 19.4 Å². The fourth-order valence-electron chi connectivity index (χ4n) is 3.96. The molecule has 0 heterocycles. The largest absolute Gasteiger partial charge is 0.469 e. The Morgan fingerprint density at radius 3 is 1.64 bits per heavy atom. The van der Waals surface area contributed by atoms with Crippen molar-refractivity contribution in [3.05, 3.63) is 0 Å². The molecule has 4 N–H and O–H groups in total. The van der Waals surface area contributed by atoms with Crippen LogP contribution in [0.1, 0.15) is 136 Å². The summed E-state index contributed by atoms with van der Waals surface area (Å²) in [5.74, 6) is 0.000379. The lowest BCUT2D eigenvalue weighted by atomic mass is 9.98. The van der Waals surface area contributed by atoms with Crippen molar-refractivity contribution in [2.75, 3.05) is 6.54 Å². The molecular formula is C25H52NO6P. The summed E-state index contributed by atoms with van der Waals surface area (Å²) in [6, 6.07) is 0. The van der Waals surface area contributed by atoms with Crippen LogP contribution in [-0.4, -0.2) is 39.1 Å². The predicted octanol–water partition coefficient (Wildman–Crippen LogP) is 6.39. The van der Waals surface area contributed by atoms with Gasteiger partial charge in [0.25, 0.3) is 0 Å². The monoisotopic (exact) mass is 493 g/mol. The SMILES string of the molecule is CCCCCCCCCCCCCCCCCC(=O)NCCCC(OP(=O)(O)O)C(C)(C)O. The van der Waals surface area contributed by atoms with Gasteiger partial charge >= 0.3 is 7.82 Å². The van der Waals surface area contributed by atoms with Crippen molar-refractivity contribution in [3.63, 3.8) is 0 Å². The molecular weight excluding hydrogens is 441 g/mol. The summed E-state index contributed by atoms with van der Waals surface area (Å²) in [5, 5.41) is 12.8. The first-order valence-corrected chi connectivity index (χ1v) is 14.8. The molecule has 7 nitrogen and oxygen atoms in total. The van der Waals surface area contributed by atoms with Gasteiger partial charge in [-0.25, -0.2) is 4.57 Å². The van der Waals surface area contributed by atoms with Crippen LogP contribution in [0.15, 0.2) is 0 Å². The first kappa shape index (κ1) is 32.5. The second-order valence-electron chi connectivity index (χ2n) is 9.93. The van der Waals surface area contributed by atoms with Gasteiger partial charge in [-0.3, -0.25) is 9.32 Å². The van der Waals surface area contributed by atoms with Crippen LogP contribution >= 0.6 is 7.82 Å². The van der Waals surface area contributed by atoms with Gasteiger partial charge in [-0.05, 0) is 33.1 Å². The second kappa shape index (κ2) is 19.8. The summed E-state index contributed by atoms with van der Waals surface area (Å²) >= 11 is 0. The molecule has 1 amide bonds. The molecule has 0 aliphatic carbocycles. The van der Waals surface area contributed by atoms with Crippen LogP contribution < -0.4 is 5.32 Å². The predicted molar refractivity (Wildman–Crippen MR) is 135 cm³/mol. The zero-order chi connectivity index (χ0) is 25.0. The van der Waals surface area contributed by atoms with Crippen molar-refractivity contribution < 1.29 is 28.8 Å². The molecule has 0 rings (SSSR count).